The van der Waals surface area contributed by atoms with E-state index in [2.05, 4.69) is 20.7 Å². The van der Waals surface area contributed by atoms with Crippen molar-refractivity contribution in [1.82, 2.24) is 0 Å². The van der Waals surface area contributed by atoms with Gasteiger partial charge in [-0.05, 0) is 15.9 Å². The van der Waals surface area contributed by atoms with Gasteiger partial charge in [0.2, 0.25) is 5.75 Å². The first-order chi connectivity index (χ1) is 7.08. The molecular weight excluding hydrogens is 268 g/mol. The Morgan fingerprint density at radius 1 is 1.13 bits per heavy atom. The summed E-state index contributed by atoms with van der Waals surface area (Å²) in [6.07, 6.45) is 0.711. The number of hydrogen-bond donors (Lipinski definition) is 2. The van der Waals surface area contributed by atoms with Crippen LogP contribution in [0.3, 0.4) is 0 Å². The van der Waals surface area contributed by atoms with Crippen LogP contribution in [-0.2, 0) is 0 Å². The first kappa shape index (κ1) is 11.5. The Morgan fingerprint density at radius 2 is 1.53 bits per heavy atom. The van der Waals surface area contributed by atoms with Crippen molar-refractivity contribution in [2.24, 2.45) is 0 Å². The molecule has 80 valence electrons. The van der Waals surface area contributed by atoms with Crippen molar-refractivity contribution in [1.29, 1.82) is 0 Å². The van der Waals surface area contributed by atoms with Crippen LogP contribution >= 0.6 is 15.9 Å². The summed E-state index contributed by atoms with van der Waals surface area (Å²) < 4.78 is 4.71. The zero-order chi connectivity index (χ0) is 11.6. The minimum Gasteiger partial charge on any atom is -0.504 e. The molecule has 0 spiro atoms. The van der Waals surface area contributed by atoms with Crippen LogP contribution in [0.4, 0.5) is 0 Å². The summed E-state index contributed by atoms with van der Waals surface area (Å²) in [5.74, 6) is -1.33. The summed E-state index contributed by atoms with van der Waals surface area (Å²) >= 11 is 2.93. The second-order valence-electron chi connectivity index (χ2n) is 2.61. The van der Waals surface area contributed by atoms with Crippen molar-refractivity contribution in [3.05, 3.63) is 15.6 Å². The fourth-order valence-electron chi connectivity index (χ4n) is 1.12. The smallest absolute Gasteiger partial charge is 0.204 e. The summed E-state index contributed by atoms with van der Waals surface area (Å²) in [6, 6.07) is 0. The fourth-order valence-corrected chi connectivity index (χ4v) is 1.68. The highest BCUT2D eigenvalue weighted by molar-refractivity contribution is 9.10. The molecule has 1 rings (SSSR count). The van der Waals surface area contributed by atoms with Gasteiger partial charge in [0.25, 0.3) is 0 Å². The molecule has 0 bridgehead atoms. The Kier molecular flexibility index (Phi) is 3.31. The molecule has 5 nitrogen and oxygen atoms in total. The van der Waals surface area contributed by atoms with Gasteiger partial charge in [0.1, 0.15) is 0 Å². The lowest BCUT2D eigenvalue weighted by Crippen LogP contribution is -1.96. The van der Waals surface area contributed by atoms with E-state index < -0.39 is 11.5 Å². The van der Waals surface area contributed by atoms with E-state index in [9.17, 15) is 19.8 Å². The number of ether oxygens (including phenoxy) is 1. The molecule has 6 heteroatoms. The second-order valence-corrected chi connectivity index (χ2v) is 3.40. The topological polar surface area (TPSA) is 83.8 Å². The van der Waals surface area contributed by atoms with E-state index in [1.165, 1.54) is 7.11 Å². The van der Waals surface area contributed by atoms with Crippen molar-refractivity contribution < 1.29 is 24.5 Å². The Hall–Kier alpha value is -1.56. The summed E-state index contributed by atoms with van der Waals surface area (Å²) in [6.45, 7) is 0. The first-order valence-corrected chi connectivity index (χ1v) is 4.59. The maximum atomic E-state index is 10.7. The summed E-state index contributed by atoms with van der Waals surface area (Å²) in [5.41, 5.74) is -0.293. The average Bonchev–Trinajstić information content (AvgIpc) is 2.19. The Balaban J connectivity index is 3.72. The second kappa shape index (κ2) is 4.31. The molecule has 2 N–H and O–H groups in total. The van der Waals surface area contributed by atoms with Crippen LogP contribution in [0.5, 0.6) is 17.2 Å². The maximum Gasteiger partial charge on any atom is 0.204 e. The van der Waals surface area contributed by atoms with E-state index in [4.69, 9.17) is 0 Å². The van der Waals surface area contributed by atoms with Crippen LogP contribution in [0.25, 0.3) is 0 Å². The largest absolute Gasteiger partial charge is 0.504 e. The average molecular weight is 275 g/mol. The molecule has 0 aliphatic carbocycles. The van der Waals surface area contributed by atoms with E-state index in [-0.39, 0.29) is 21.3 Å². The normalized spacial score (nSPS) is 9.73. The standard InChI is InChI=1S/C9H7BrO5/c1-15-9-7(13)4(2-11)6(10)5(3-12)8(9)14/h2-3,13-14H,1H3. The molecular formula is C9H7BrO5. The summed E-state index contributed by atoms with van der Waals surface area (Å²) in [5, 5.41) is 19.0. The van der Waals surface area contributed by atoms with Crippen molar-refractivity contribution >= 4 is 28.5 Å². The van der Waals surface area contributed by atoms with Crippen molar-refractivity contribution in [3.63, 3.8) is 0 Å². The van der Waals surface area contributed by atoms with Gasteiger partial charge in [-0.2, -0.15) is 0 Å². The lowest BCUT2D eigenvalue weighted by atomic mass is 10.1. The van der Waals surface area contributed by atoms with Gasteiger partial charge in [0.05, 0.1) is 18.2 Å². The lowest BCUT2D eigenvalue weighted by molar-refractivity contribution is 0.111. The van der Waals surface area contributed by atoms with Crippen LogP contribution in [0.2, 0.25) is 0 Å². The van der Waals surface area contributed by atoms with E-state index in [0.29, 0.717) is 12.6 Å². The molecule has 0 aliphatic heterocycles. The number of phenols is 2. The molecule has 0 saturated carbocycles. The van der Waals surface area contributed by atoms with Gasteiger partial charge in [-0.1, -0.05) is 0 Å². The molecule has 0 radical (unpaired) electrons. The van der Waals surface area contributed by atoms with Gasteiger partial charge in [-0.25, -0.2) is 0 Å². The van der Waals surface area contributed by atoms with E-state index >= 15 is 0 Å². The minimum atomic E-state index is -0.512. The van der Waals surface area contributed by atoms with Gasteiger partial charge in [0, 0.05) is 4.47 Å². The van der Waals surface area contributed by atoms with E-state index in [0.717, 1.165) is 0 Å². The van der Waals surface area contributed by atoms with Crippen LogP contribution in [0.15, 0.2) is 4.47 Å². The van der Waals surface area contributed by atoms with Crippen LogP contribution in [0, 0.1) is 0 Å². The molecule has 0 amide bonds. The third kappa shape index (κ3) is 1.68. The third-order valence-electron chi connectivity index (χ3n) is 1.85. The highest BCUT2D eigenvalue weighted by Crippen LogP contribution is 2.44. The van der Waals surface area contributed by atoms with Crippen LogP contribution < -0.4 is 4.74 Å². The predicted molar refractivity (Wildman–Crippen MR) is 54.8 cm³/mol. The van der Waals surface area contributed by atoms with Crippen molar-refractivity contribution in [2.45, 2.75) is 0 Å². The number of carbonyl (C=O) groups is 2. The fraction of sp³-hybridized carbons (Fsp3) is 0.111. The molecule has 1 aromatic carbocycles. The number of benzene rings is 1. The summed E-state index contributed by atoms with van der Waals surface area (Å²) in [4.78, 5) is 21.3. The number of phenolic OH excluding ortho intramolecular Hbond substituents is 2. The third-order valence-corrected chi connectivity index (χ3v) is 2.71. The Bertz CT molecular complexity index is 392. The van der Waals surface area contributed by atoms with E-state index in [1.54, 1.807) is 0 Å². The molecule has 0 atom stereocenters. The van der Waals surface area contributed by atoms with Gasteiger partial charge < -0.3 is 14.9 Å². The predicted octanol–water partition coefficient (Wildman–Crippen LogP) is 1.49. The molecule has 0 unspecified atom stereocenters. The van der Waals surface area contributed by atoms with E-state index in [1.807, 2.05) is 0 Å². The molecule has 1 aromatic rings. The lowest BCUT2D eigenvalue weighted by Gasteiger charge is -2.11. The zero-order valence-corrected chi connectivity index (χ0v) is 9.24. The minimum absolute atomic E-state index is 0.0308. The number of rotatable bonds is 3. The highest BCUT2D eigenvalue weighted by atomic mass is 79.9. The number of halogens is 1. The van der Waals surface area contributed by atoms with Crippen LogP contribution in [-0.4, -0.2) is 29.9 Å². The van der Waals surface area contributed by atoms with Crippen molar-refractivity contribution in [2.75, 3.05) is 7.11 Å². The highest BCUT2D eigenvalue weighted by Gasteiger charge is 2.22. The van der Waals surface area contributed by atoms with Crippen LogP contribution in [0.1, 0.15) is 20.7 Å². The van der Waals surface area contributed by atoms with Gasteiger partial charge >= 0.3 is 0 Å². The molecule has 0 aromatic heterocycles. The Morgan fingerprint density at radius 3 is 1.80 bits per heavy atom. The number of methoxy groups -OCH3 is 1. The molecule has 0 heterocycles. The molecule has 0 aliphatic rings. The first-order valence-electron chi connectivity index (χ1n) is 3.80. The Labute approximate surface area is 93.4 Å². The van der Waals surface area contributed by atoms with Gasteiger partial charge in [-0.15, -0.1) is 0 Å². The number of aromatic hydroxyl groups is 2. The van der Waals surface area contributed by atoms with Crippen molar-refractivity contribution in [3.8, 4) is 17.2 Å². The number of hydrogen-bond acceptors (Lipinski definition) is 5. The quantitative estimate of drug-likeness (QED) is 0.816. The molecule has 0 fully saturated rings. The number of aldehydes is 2. The van der Waals surface area contributed by atoms with Gasteiger partial charge in [0.15, 0.2) is 24.1 Å². The monoisotopic (exact) mass is 274 g/mol. The SMILES string of the molecule is COc1c(O)c(C=O)c(Br)c(C=O)c1O. The van der Waals surface area contributed by atoms with Gasteiger partial charge in [-0.3, -0.25) is 9.59 Å². The zero-order valence-electron chi connectivity index (χ0n) is 7.65. The summed E-state index contributed by atoms with van der Waals surface area (Å²) in [7, 11) is 1.20. The molecule has 15 heavy (non-hydrogen) atoms. The number of carbonyl (C=O) groups excluding carboxylic acids is 2. The maximum absolute atomic E-state index is 10.7. The molecule has 0 saturated heterocycles.